The van der Waals surface area contributed by atoms with Crippen molar-refractivity contribution in [2.24, 2.45) is 0 Å². The number of nitrogens with zero attached hydrogens (tertiary/aromatic N) is 1. The highest BCUT2D eigenvalue weighted by Crippen LogP contribution is 2.18. The van der Waals surface area contributed by atoms with Crippen molar-refractivity contribution in [3.63, 3.8) is 0 Å². The van der Waals surface area contributed by atoms with E-state index in [0.717, 1.165) is 11.1 Å². The lowest BCUT2D eigenvalue weighted by atomic mass is 9.99. The first-order valence-corrected chi connectivity index (χ1v) is 9.96. The van der Waals surface area contributed by atoms with E-state index in [2.05, 4.69) is 4.72 Å². The second-order valence-electron chi connectivity index (χ2n) is 6.34. The molecule has 26 heavy (non-hydrogen) atoms. The van der Waals surface area contributed by atoms with Crippen molar-refractivity contribution in [2.75, 3.05) is 13.1 Å². The van der Waals surface area contributed by atoms with Gasteiger partial charge in [-0.3, -0.25) is 14.3 Å². The van der Waals surface area contributed by atoms with Gasteiger partial charge < -0.3 is 4.90 Å². The largest absolute Gasteiger partial charge is 0.329 e. The van der Waals surface area contributed by atoms with E-state index in [4.69, 9.17) is 0 Å². The van der Waals surface area contributed by atoms with Gasteiger partial charge in [-0.2, -0.15) is 0 Å². The van der Waals surface area contributed by atoms with Crippen LogP contribution in [0, 0.1) is 6.92 Å². The summed E-state index contributed by atoms with van der Waals surface area (Å²) in [5, 5.41) is 0. The van der Waals surface area contributed by atoms with Crippen LogP contribution in [0.25, 0.3) is 0 Å². The molecule has 1 N–H and O–H groups in total. The van der Waals surface area contributed by atoms with E-state index < -0.39 is 15.9 Å². The van der Waals surface area contributed by atoms with E-state index in [0.29, 0.717) is 24.1 Å². The van der Waals surface area contributed by atoms with E-state index in [1.54, 1.807) is 24.3 Å². The van der Waals surface area contributed by atoms with Crippen LogP contribution in [0.4, 0.5) is 0 Å². The zero-order chi connectivity index (χ0) is 18.7. The highest BCUT2D eigenvalue weighted by Gasteiger charge is 2.26. The van der Waals surface area contributed by atoms with Crippen LogP contribution in [0.2, 0.25) is 0 Å². The summed E-state index contributed by atoms with van der Waals surface area (Å²) in [4.78, 5) is 26.0. The maximum atomic E-state index is 12.4. The van der Waals surface area contributed by atoms with Gasteiger partial charge in [0, 0.05) is 12.1 Å². The summed E-state index contributed by atoms with van der Waals surface area (Å²) < 4.78 is 26.6. The lowest BCUT2D eigenvalue weighted by molar-refractivity contribution is -0.120. The number of benzene rings is 2. The average Bonchev–Trinajstić information content (AvgIpc) is 2.59. The highest BCUT2D eigenvalue weighted by atomic mass is 32.2. The molecule has 0 saturated heterocycles. The summed E-state index contributed by atoms with van der Waals surface area (Å²) in [6.07, 6.45) is 0.644. The molecule has 0 aromatic heterocycles. The Morgan fingerprint density at radius 1 is 1.12 bits per heavy atom. The number of carbonyl (C=O) groups is 2. The Bertz CT molecular complexity index is 954. The van der Waals surface area contributed by atoms with E-state index in [1.165, 1.54) is 4.90 Å². The lowest BCUT2D eigenvalue weighted by Crippen LogP contribution is -2.45. The van der Waals surface area contributed by atoms with Gasteiger partial charge in [0.15, 0.2) is 0 Å². The normalized spacial score (nSPS) is 14.0. The number of aryl methyl sites for hydroxylation is 1. The molecule has 0 atom stereocenters. The maximum Gasteiger partial charge on any atom is 0.254 e. The Hall–Kier alpha value is -2.67. The Kier molecular flexibility index (Phi) is 5.08. The SMILES string of the molecule is Cc1ccccc1CS(=O)(=O)NC(=O)CN1CCc2ccccc2C1=O. The van der Waals surface area contributed by atoms with Gasteiger partial charge in [-0.25, -0.2) is 8.42 Å². The lowest BCUT2D eigenvalue weighted by Gasteiger charge is -2.27. The van der Waals surface area contributed by atoms with Gasteiger partial charge in [0.25, 0.3) is 11.8 Å². The Morgan fingerprint density at radius 3 is 2.58 bits per heavy atom. The number of carbonyl (C=O) groups excluding carboxylic acids is 2. The van der Waals surface area contributed by atoms with Crippen LogP contribution in [0.3, 0.4) is 0 Å². The number of rotatable bonds is 5. The van der Waals surface area contributed by atoms with E-state index in [-0.39, 0.29) is 18.2 Å². The molecule has 0 unspecified atom stereocenters. The number of hydrogen-bond acceptors (Lipinski definition) is 4. The number of fused-ring (bicyclic) bond motifs is 1. The zero-order valence-electron chi connectivity index (χ0n) is 14.4. The van der Waals surface area contributed by atoms with Crippen molar-refractivity contribution >= 4 is 21.8 Å². The molecule has 0 aliphatic carbocycles. The van der Waals surface area contributed by atoms with Gasteiger partial charge in [0.05, 0.1) is 5.75 Å². The molecule has 0 radical (unpaired) electrons. The first kappa shape index (κ1) is 18.1. The second-order valence-corrected chi connectivity index (χ2v) is 8.07. The molecule has 2 aromatic rings. The number of hydrogen-bond donors (Lipinski definition) is 1. The monoisotopic (exact) mass is 372 g/mol. The fourth-order valence-corrected chi connectivity index (χ4v) is 4.23. The van der Waals surface area contributed by atoms with Crippen molar-refractivity contribution in [1.29, 1.82) is 0 Å². The third-order valence-electron chi connectivity index (χ3n) is 4.40. The fourth-order valence-electron chi connectivity index (χ4n) is 3.02. The minimum atomic E-state index is -3.82. The molecule has 0 fully saturated rings. The van der Waals surface area contributed by atoms with Gasteiger partial charge in [-0.05, 0) is 36.1 Å². The molecule has 6 nitrogen and oxygen atoms in total. The third kappa shape index (κ3) is 4.11. The van der Waals surface area contributed by atoms with Crippen molar-refractivity contribution in [3.05, 3.63) is 70.8 Å². The molecule has 0 saturated carbocycles. The summed E-state index contributed by atoms with van der Waals surface area (Å²) in [6, 6.07) is 14.3. The van der Waals surface area contributed by atoms with Crippen molar-refractivity contribution < 1.29 is 18.0 Å². The van der Waals surface area contributed by atoms with Crippen molar-refractivity contribution in [3.8, 4) is 0 Å². The smallest absolute Gasteiger partial charge is 0.254 e. The predicted molar refractivity (Wildman–Crippen MR) is 98.0 cm³/mol. The predicted octanol–water partition coefficient (Wildman–Crippen LogP) is 1.64. The maximum absolute atomic E-state index is 12.4. The molecular formula is C19H20N2O4S. The number of nitrogens with one attached hydrogen (secondary N) is 1. The standard InChI is InChI=1S/C19H20N2O4S/c1-14-6-2-3-8-16(14)13-26(24,25)20-18(22)12-21-11-10-15-7-4-5-9-17(15)19(21)23/h2-9H,10-13H2,1H3,(H,20,22). The quantitative estimate of drug-likeness (QED) is 0.865. The molecule has 2 amide bonds. The molecule has 7 heteroatoms. The first-order valence-electron chi connectivity index (χ1n) is 8.31. The molecule has 136 valence electrons. The van der Waals surface area contributed by atoms with Gasteiger partial charge in [-0.1, -0.05) is 42.5 Å². The molecule has 0 spiro atoms. The van der Waals surface area contributed by atoms with Crippen LogP contribution in [0.15, 0.2) is 48.5 Å². The third-order valence-corrected chi connectivity index (χ3v) is 5.63. The van der Waals surface area contributed by atoms with Crippen LogP contribution < -0.4 is 4.72 Å². The van der Waals surface area contributed by atoms with Gasteiger partial charge in [-0.15, -0.1) is 0 Å². The molecule has 1 aliphatic rings. The molecule has 3 rings (SSSR count). The first-order chi connectivity index (χ1) is 12.4. The second kappa shape index (κ2) is 7.29. The van der Waals surface area contributed by atoms with Crippen LogP contribution >= 0.6 is 0 Å². The highest BCUT2D eigenvalue weighted by molar-refractivity contribution is 7.89. The van der Waals surface area contributed by atoms with Crippen molar-refractivity contribution in [1.82, 2.24) is 9.62 Å². The van der Waals surface area contributed by atoms with Gasteiger partial charge in [0.1, 0.15) is 6.54 Å². The molecular weight excluding hydrogens is 352 g/mol. The summed E-state index contributed by atoms with van der Waals surface area (Å²) >= 11 is 0. The number of amides is 2. The van der Waals surface area contributed by atoms with Gasteiger partial charge in [0.2, 0.25) is 10.0 Å². The Morgan fingerprint density at radius 2 is 1.81 bits per heavy atom. The zero-order valence-corrected chi connectivity index (χ0v) is 15.3. The number of sulfonamides is 1. The van der Waals surface area contributed by atoms with E-state index in [9.17, 15) is 18.0 Å². The van der Waals surface area contributed by atoms with Crippen LogP contribution in [0.1, 0.15) is 27.0 Å². The summed E-state index contributed by atoms with van der Waals surface area (Å²) in [7, 11) is -3.82. The van der Waals surface area contributed by atoms with E-state index >= 15 is 0 Å². The minimum absolute atomic E-state index is 0.252. The summed E-state index contributed by atoms with van der Waals surface area (Å²) in [6.45, 7) is 1.93. The summed E-state index contributed by atoms with van der Waals surface area (Å²) in [5.41, 5.74) is 2.99. The van der Waals surface area contributed by atoms with Crippen LogP contribution in [-0.2, 0) is 27.0 Å². The van der Waals surface area contributed by atoms with Crippen LogP contribution in [0.5, 0.6) is 0 Å². The van der Waals surface area contributed by atoms with Crippen molar-refractivity contribution in [2.45, 2.75) is 19.1 Å². The topological polar surface area (TPSA) is 83.6 Å². The van der Waals surface area contributed by atoms with Crippen LogP contribution in [-0.4, -0.2) is 38.2 Å². The fraction of sp³-hybridized carbons (Fsp3) is 0.263. The molecule has 0 bridgehead atoms. The van der Waals surface area contributed by atoms with E-state index in [1.807, 2.05) is 31.2 Å². The molecule has 2 aromatic carbocycles. The Balaban J connectivity index is 1.64. The molecule has 1 heterocycles. The Labute approximate surface area is 152 Å². The molecule has 1 aliphatic heterocycles. The van der Waals surface area contributed by atoms with Gasteiger partial charge >= 0.3 is 0 Å². The minimum Gasteiger partial charge on any atom is -0.329 e. The average molecular weight is 372 g/mol. The summed E-state index contributed by atoms with van der Waals surface area (Å²) in [5.74, 6) is -1.23.